The van der Waals surface area contributed by atoms with Crippen LogP contribution in [0.25, 0.3) is 0 Å². The van der Waals surface area contributed by atoms with Crippen molar-refractivity contribution in [3.8, 4) is 0 Å². The average Bonchev–Trinajstić information content (AvgIpc) is 2.30. The number of hydrogen-bond acceptors (Lipinski definition) is 3. The summed E-state index contributed by atoms with van der Waals surface area (Å²) in [6, 6.07) is 0.248. The molecule has 18 heavy (non-hydrogen) atoms. The van der Waals surface area contributed by atoms with Crippen LogP contribution in [0.15, 0.2) is 0 Å². The highest BCUT2D eigenvalue weighted by Crippen LogP contribution is 2.21. The van der Waals surface area contributed by atoms with Crippen LogP contribution in [0.2, 0.25) is 0 Å². The number of rotatable bonds is 4. The number of nitrogens with zero attached hydrogens (tertiary/aromatic N) is 2. The summed E-state index contributed by atoms with van der Waals surface area (Å²) in [4.78, 5) is 26.8. The molecule has 0 bridgehead atoms. The molecule has 5 heteroatoms. The van der Waals surface area contributed by atoms with E-state index in [1.807, 2.05) is 7.05 Å². The van der Waals surface area contributed by atoms with Crippen molar-refractivity contribution in [2.45, 2.75) is 51.1 Å². The van der Waals surface area contributed by atoms with Crippen molar-refractivity contribution in [1.29, 1.82) is 0 Å². The lowest BCUT2D eigenvalue weighted by Gasteiger charge is -2.36. The predicted molar refractivity (Wildman–Crippen MR) is 69.4 cm³/mol. The summed E-state index contributed by atoms with van der Waals surface area (Å²) >= 11 is 0. The van der Waals surface area contributed by atoms with E-state index in [1.165, 1.54) is 11.3 Å². The van der Waals surface area contributed by atoms with Crippen molar-refractivity contribution in [2.75, 3.05) is 20.6 Å². The summed E-state index contributed by atoms with van der Waals surface area (Å²) in [7, 11) is 3.60. The third-order valence-corrected chi connectivity index (χ3v) is 4.07. The first-order chi connectivity index (χ1) is 8.26. The quantitative estimate of drug-likeness (QED) is 0.820. The lowest BCUT2D eigenvalue weighted by atomic mass is 9.97. The summed E-state index contributed by atoms with van der Waals surface area (Å²) < 4.78 is 0. The van der Waals surface area contributed by atoms with E-state index < -0.39 is 11.5 Å². The van der Waals surface area contributed by atoms with E-state index in [9.17, 15) is 9.59 Å². The van der Waals surface area contributed by atoms with E-state index in [0.717, 1.165) is 19.4 Å². The van der Waals surface area contributed by atoms with E-state index in [-0.39, 0.29) is 11.9 Å². The van der Waals surface area contributed by atoms with Crippen LogP contribution < -0.4 is 0 Å². The summed E-state index contributed by atoms with van der Waals surface area (Å²) in [5, 5.41) is 9.11. The van der Waals surface area contributed by atoms with E-state index in [1.54, 1.807) is 20.9 Å². The molecular formula is C13H24N2O3. The highest BCUT2D eigenvalue weighted by atomic mass is 16.4. The summed E-state index contributed by atoms with van der Waals surface area (Å²) in [5.41, 5.74) is -1.15. The third-order valence-electron chi connectivity index (χ3n) is 4.07. The molecular weight excluding hydrogens is 232 g/mol. The Bertz CT molecular complexity index is 328. The maximum atomic E-state index is 12.1. The Morgan fingerprint density at radius 2 is 2.00 bits per heavy atom. The molecule has 1 atom stereocenters. The second-order valence-corrected chi connectivity index (χ2v) is 5.65. The minimum Gasteiger partial charge on any atom is -0.480 e. The smallest absolute Gasteiger partial charge is 0.329 e. The van der Waals surface area contributed by atoms with Crippen molar-refractivity contribution < 1.29 is 14.7 Å². The van der Waals surface area contributed by atoms with E-state index in [0.29, 0.717) is 6.42 Å². The maximum Gasteiger partial charge on any atom is 0.329 e. The van der Waals surface area contributed by atoms with Crippen molar-refractivity contribution in [1.82, 2.24) is 9.80 Å². The van der Waals surface area contributed by atoms with Crippen molar-refractivity contribution >= 4 is 11.9 Å². The van der Waals surface area contributed by atoms with E-state index in [4.69, 9.17) is 5.11 Å². The zero-order chi connectivity index (χ0) is 13.9. The fourth-order valence-electron chi connectivity index (χ4n) is 2.20. The van der Waals surface area contributed by atoms with Gasteiger partial charge < -0.3 is 14.9 Å². The van der Waals surface area contributed by atoms with Crippen LogP contribution in [-0.4, -0.2) is 59.0 Å². The number of carbonyl (C=O) groups excluding carboxylic acids is 1. The minimum atomic E-state index is -1.15. The van der Waals surface area contributed by atoms with Gasteiger partial charge >= 0.3 is 5.97 Å². The van der Waals surface area contributed by atoms with Gasteiger partial charge in [-0.3, -0.25) is 4.79 Å². The molecule has 0 spiro atoms. The van der Waals surface area contributed by atoms with Gasteiger partial charge in [-0.2, -0.15) is 0 Å². The standard InChI is InChI=1S/C13H24N2O3/c1-13(2,12(17)18)15(4)11(16)9-10-7-5-6-8-14(10)3/h10H,5-9H2,1-4H3,(H,17,18). The SMILES string of the molecule is CN1CCCCC1CC(=O)N(C)C(C)(C)C(=O)O. The van der Waals surface area contributed by atoms with Crippen LogP contribution >= 0.6 is 0 Å². The molecule has 0 radical (unpaired) electrons. The average molecular weight is 256 g/mol. The Kier molecular flexibility index (Phi) is 4.73. The van der Waals surface area contributed by atoms with Gasteiger partial charge in [0, 0.05) is 19.5 Å². The molecule has 1 N–H and O–H groups in total. The zero-order valence-corrected chi connectivity index (χ0v) is 11.8. The molecule has 1 heterocycles. The molecule has 0 aromatic carbocycles. The highest BCUT2D eigenvalue weighted by molar-refractivity contribution is 5.86. The number of hydrogen-bond donors (Lipinski definition) is 1. The molecule has 1 fully saturated rings. The van der Waals surface area contributed by atoms with Crippen LogP contribution in [-0.2, 0) is 9.59 Å². The topological polar surface area (TPSA) is 60.9 Å². The van der Waals surface area contributed by atoms with Gasteiger partial charge in [0.05, 0.1) is 0 Å². The lowest BCUT2D eigenvalue weighted by Crippen LogP contribution is -2.52. The minimum absolute atomic E-state index is 0.0962. The number of carboxylic acid groups (broad SMARTS) is 1. The first kappa shape index (κ1) is 15.0. The Morgan fingerprint density at radius 3 is 2.50 bits per heavy atom. The molecule has 1 aliphatic rings. The molecule has 1 unspecified atom stereocenters. The van der Waals surface area contributed by atoms with Gasteiger partial charge in [-0.25, -0.2) is 4.79 Å². The Labute approximate surface area is 109 Å². The number of likely N-dealkylation sites (N-methyl/N-ethyl adjacent to an activating group) is 1. The van der Waals surface area contributed by atoms with Crippen LogP contribution in [0.5, 0.6) is 0 Å². The van der Waals surface area contributed by atoms with Gasteiger partial charge in [-0.05, 0) is 40.3 Å². The number of aliphatic carboxylic acids is 1. The highest BCUT2D eigenvalue weighted by Gasteiger charge is 2.36. The molecule has 104 valence electrons. The monoisotopic (exact) mass is 256 g/mol. The molecule has 5 nitrogen and oxygen atoms in total. The van der Waals surface area contributed by atoms with Gasteiger partial charge in [-0.15, -0.1) is 0 Å². The Hall–Kier alpha value is -1.10. The molecule has 1 rings (SSSR count). The fourth-order valence-corrected chi connectivity index (χ4v) is 2.20. The first-order valence-electron chi connectivity index (χ1n) is 6.47. The Morgan fingerprint density at radius 1 is 1.39 bits per heavy atom. The van der Waals surface area contributed by atoms with Gasteiger partial charge in [-0.1, -0.05) is 6.42 Å². The van der Waals surface area contributed by atoms with Gasteiger partial charge in [0.25, 0.3) is 0 Å². The summed E-state index contributed by atoms with van der Waals surface area (Å²) in [6.07, 6.45) is 3.75. The maximum absolute atomic E-state index is 12.1. The van der Waals surface area contributed by atoms with Crippen LogP contribution in [0.4, 0.5) is 0 Å². The predicted octanol–water partition coefficient (Wildman–Crippen LogP) is 1.18. The zero-order valence-electron chi connectivity index (χ0n) is 11.8. The molecule has 0 aromatic rings. The number of carbonyl (C=O) groups is 2. The third kappa shape index (κ3) is 3.22. The van der Waals surface area contributed by atoms with Crippen LogP contribution in [0.3, 0.4) is 0 Å². The van der Waals surface area contributed by atoms with Gasteiger partial charge in [0.2, 0.25) is 5.91 Å². The molecule has 0 saturated carbocycles. The van der Waals surface area contributed by atoms with Crippen molar-refractivity contribution in [2.24, 2.45) is 0 Å². The molecule has 0 aliphatic carbocycles. The number of carboxylic acids is 1. The number of piperidine rings is 1. The summed E-state index contributed by atoms with van der Waals surface area (Å²) in [5.74, 6) is -1.07. The first-order valence-corrected chi connectivity index (χ1v) is 6.47. The van der Waals surface area contributed by atoms with E-state index >= 15 is 0 Å². The molecule has 1 saturated heterocycles. The lowest BCUT2D eigenvalue weighted by molar-refractivity contribution is -0.155. The van der Waals surface area contributed by atoms with Crippen LogP contribution in [0.1, 0.15) is 39.5 Å². The Balaban J connectivity index is 2.62. The summed E-state index contributed by atoms with van der Waals surface area (Å²) in [6.45, 7) is 4.12. The van der Waals surface area contributed by atoms with Crippen molar-refractivity contribution in [3.63, 3.8) is 0 Å². The number of amides is 1. The van der Waals surface area contributed by atoms with Gasteiger partial charge in [0.1, 0.15) is 5.54 Å². The largest absolute Gasteiger partial charge is 0.480 e. The fraction of sp³-hybridized carbons (Fsp3) is 0.846. The van der Waals surface area contributed by atoms with Crippen LogP contribution in [0, 0.1) is 0 Å². The molecule has 0 aromatic heterocycles. The second-order valence-electron chi connectivity index (χ2n) is 5.65. The van der Waals surface area contributed by atoms with E-state index in [2.05, 4.69) is 4.90 Å². The van der Waals surface area contributed by atoms with Gasteiger partial charge in [0.15, 0.2) is 0 Å². The molecule has 1 amide bonds. The second kappa shape index (κ2) is 5.69. The molecule has 1 aliphatic heterocycles. The number of likely N-dealkylation sites (tertiary alicyclic amines) is 1. The normalized spacial score (nSPS) is 21.7. The van der Waals surface area contributed by atoms with Crippen molar-refractivity contribution in [3.05, 3.63) is 0 Å².